The van der Waals surface area contributed by atoms with Gasteiger partial charge in [0.15, 0.2) is 0 Å². The van der Waals surface area contributed by atoms with Crippen molar-refractivity contribution in [3.8, 4) is 0 Å². The molecule has 0 spiro atoms. The van der Waals surface area contributed by atoms with E-state index in [0.29, 0.717) is 13.0 Å². The Labute approximate surface area is 160 Å². The molecule has 1 heterocycles. The minimum atomic E-state index is -0.373. The van der Waals surface area contributed by atoms with E-state index in [1.165, 1.54) is 12.2 Å². The number of nitrogens with two attached hydrogens (primary N) is 1. The Morgan fingerprint density at radius 2 is 1.30 bits per heavy atom. The van der Waals surface area contributed by atoms with Gasteiger partial charge in [-0.25, -0.2) is 0 Å². The topological polar surface area (TPSA) is 122 Å². The molecule has 0 saturated heterocycles. The summed E-state index contributed by atoms with van der Waals surface area (Å²) in [6.07, 6.45) is 9.69. The van der Waals surface area contributed by atoms with Crippen molar-refractivity contribution in [2.75, 3.05) is 26.2 Å². The van der Waals surface area contributed by atoms with E-state index in [9.17, 15) is 19.2 Å². The molecule has 0 aromatic rings. The van der Waals surface area contributed by atoms with Crippen molar-refractivity contribution in [1.29, 1.82) is 0 Å². The van der Waals surface area contributed by atoms with Crippen LogP contribution in [0.25, 0.3) is 0 Å². The second-order valence-electron chi connectivity index (χ2n) is 6.62. The van der Waals surface area contributed by atoms with Crippen molar-refractivity contribution >= 4 is 23.6 Å². The van der Waals surface area contributed by atoms with Crippen LogP contribution in [0.5, 0.6) is 0 Å². The molecule has 8 heteroatoms. The van der Waals surface area contributed by atoms with E-state index in [4.69, 9.17) is 5.73 Å². The Morgan fingerprint density at radius 1 is 0.778 bits per heavy atom. The highest BCUT2D eigenvalue weighted by atomic mass is 16.2. The Balaban J connectivity index is 1.91. The van der Waals surface area contributed by atoms with Gasteiger partial charge in [-0.1, -0.05) is 19.3 Å². The number of amides is 4. The van der Waals surface area contributed by atoms with Gasteiger partial charge in [-0.05, 0) is 32.2 Å². The van der Waals surface area contributed by atoms with Crippen molar-refractivity contribution in [3.05, 3.63) is 12.2 Å². The maximum atomic E-state index is 11.7. The first kappa shape index (κ1) is 22.8. The number of carbonyl (C=O) groups is 4. The lowest BCUT2D eigenvalue weighted by atomic mass is 10.1. The third kappa shape index (κ3) is 10.5. The third-order valence-electron chi connectivity index (χ3n) is 4.32. The van der Waals surface area contributed by atoms with Gasteiger partial charge in [0.05, 0.1) is 0 Å². The molecule has 0 aliphatic carbocycles. The van der Waals surface area contributed by atoms with Crippen molar-refractivity contribution in [1.82, 2.24) is 15.5 Å². The number of unbranched alkanes of at least 4 members (excludes halogenated alkanes) is 5. The van der Waals surface area contributed by atoms with Crippen LogP contribution in [0.15, 0.2) is 12.2 Å². The zero-order chi connectivity index (χ0) is 19.9. The molecule has 152 valence electrons. The molecule has 0 radical (unpaired) electrons. The lowest BCUT2D eigenvalue weighted by Gasteiger charge is -2.13. The minimum absolute atomic E-state index is 0.0754. The first-order valence-corrected chi connectivity index (χ1v) is 9.81. The summed E-state index contributed by atoms with van der Waals surface area (Å²) in [5.74, 6) is -0.857. The molecule has 0 aromatic heterocycles. The lowest BCUT2D eigenvalue weighted by molar-refractivity contribution is -0.137. The van der Waals surface area contributed by atoms with Crippen LogP contribution >= 0.6 is 0 Å². The number of nitrogens with one attached hydrogen (secondary N) is 2. The molecule has 0 fully saturated rings. The molecule has 0 bridgehead atoms. The maximum absolute atomic E-state index is 11.7. The first-order valence-electron chi connectivity index (χ1n) is 9.81. The molecule has 1 aliphatic heterocycles. The highest BCUT2D eigenvalue weighted by molar-refractivity contribution is 6.13. The predicted molar refractivity (Wildman–Crippen MR) is 102 cm³/mol. The Bertz CT molecular complexity index is 516. The van der Waals surface area contributed by atoms with Gasteiger partial charge in [0, 0.05) is 44.6 Å². The second kappa shape index (κ2) is 13.9. The molecule has 0 aromatic carbocycles. The van der Waals surface area contributed by atoms with Gasteiger partial charge in [0.1, 0.15) is 0 Å². The summed E-state index contributed by atoms with van der Waals surface area (Å²) >= 11 is 0. The summed E-state index contributed by atoms with van der Waals surface area (Å²) in [6.45, 7) is 2.07. The van der Waals surface area contributed by atoms with E-state index in [2.05, 4.69) is 10.6 Å². The summed E-state index contributed by atoms with van der Waals surface area (Å²) in [5.41, 5.74) is 5.43. The summed E-state index contributed by atoms with van der Waals surface area (Å²) in [4.78, 5) is 47.2. The van der Waals surface area contributed by atoms with E-state index in [-0.39, 0.29) is 36.6 Å². The van der Waals surface area contributed by atoms with Crippen molar-refractivity contribution < 1.29 is 19.2 Å². The van der Waals surface area contributed by atoms with Crippen molar-refractivity contribution in [2.24, 2.45) is 5.73 Å². The molecule has 0 saturated carbocycles. The smallest absolute Gasteiger partial charge is 0.253 e. The van der Waals surface area contributed by atoms with Gasteiger partial charge in [-0.3, -0.25) is 24.1 Å². The number of nitrogens with zero attached hydrogens (tertiary/aromatic N) is 1. The molecule has 27 heavy (non-hydrogen) atoms. The summed E-state index contributed by atoms with van der Waals surface area (Å²) in [5, 5.41) is 5.68. The minimum Gasteiger partial charge on any atom is -0.356 e. The molecule has 4 amide bonds. The van der Waals surface area contributed by atoms with Crippen LogP contribution in [-0.2, 0) is 19.2 Å². The van der Waals surface area contributed by atoms with Crippen LogP contribution in [0.4, 0.5) is 0 Å². The molecule has 1 rings (SSSR count). The lowest BCUT2D eigenvalue weighted by Crippen LogP contribution is -2.34. The molecule has 0 atom stereocenters. The van der Waals surface area contributed by atoms with E-state index in [1.807, 2.05) is 0 Å². The monoisotopic (exact) mass is 380 g/mol. The van der Waals surface area contributed by atoms with E-state index in [1.54, 1.807) is 0 Å². The van der Waals surface area contributed by atoms with Crippen LogP contribution in [0, 0.1) is 0 Å². The van der Waals surface area contributed by atoms with Gasteiger partial charge >= 0.3 is 0 Å². The van der Waals surface area contributed by atoms with E-state index >= 15 is 0 Å². The van der Waals surface area contributed by atoms with Gasteiger partial charge < -0.3 is 16.4 Å². The fourth-order valence-corrected chi connectivity index (χ4v) is 2.71. The normalized spacial score (nSPS) is 13.3. The second-order valence-corrected chi connectivity index (χ2v) is 6.62. The predicted octanol–water partition coefficient (Wildman–Crippen LogP) is 0.613. The van der Waals surface area contributed by atoms with Gasteiger partial charge in [0.25, 0.3) is 11.8 Å². The fraction of sp³-hybridized carbons (Fsp3) is 0.684. The highest BCUT2D eigenvalue weighted by Crippen LogP contribution is 2.04. The summed E-state index contributed by atoms with van der Waals surface area (Å²) < 4.78 is 0. The number of carbonyl (C=O) groups excluding carboxylic acids is 4. The number of hydrogen-bond acceptors (Lipinski definition) is 5. The summed E-state index contributed by atoms with van der Waals surface area (Å²) in [6, 6.07) is 0. The average molecular weight is 380 g/mol. The molecule has 8 nitrogen and oxygen atoms in total. The quantitative estimate of drug-likeness (QED) is 0.284. The zero-order valence-electron chi connectivity index (χ0n) is 16.0. The third-order valence-corrected chi connectivity index (χ3v) is 4.32. The Kier molecular flexibility index (Phi) is 11.8. The number of imide groups is 1. The van der Waals surface area contributed by atoms with Crippen LogP contribution in [-0.4, -0.2) is 54.7 Å². The van der Waals surface area contributed by atoms with Crippen molar-refractivity contribution in [3.63, 3.8) is 0 Å². The summed E-state index contributed by atoms with van der Waals surface area (Å²) in [7, 11) is 0. The SMILES string of the molecule is NCCCCCCNC(=O)CCCCCNC(=O)CCN1C(=O)C=CC1=O. The van der Waals surface area contributed by atoms with Crippen molar-refractivity contribution in [2.45, 2.75) is 57.8 Å². The van der Waals surface area contributed by atoms with E-state index in [0.717, 1.165) is 62.9 Å². The maximum Gasteiger partial charge on any atom is 0.253 e. The molecule has 4 N–H and O–H groups in total. The standard InChI is InChI=1S/C19H32N4O4/c20-12-5-1-2-6-13-21-16(24)8-4-3-7-14-22-17(25)11-15-23-18(26)9-10-19(23)27/h9-10H,1-8,11-15,20H2,(H,21,24)(H,22,25). The number of hydrogen-bond donors (Lipinski definition) is 3. The van der Waals surface area contributed by atoms with Gasteiger partial charge in [-0.15, -0.1) is 0 Å². The first-order chi connectivity index (χ1) is 13.0. The largest absolute Gasteiger partial charge is 0.356 e. The van der Waals surface area contributed by atoms with Gasteiger partial charge in [-0.2, -0.15) is 0 Å². The van der Waals surface area contributed by atoms with Crippen LogP contribution in [0.3, 0.4) is 0 Å². The fourth-order valence-electron chi connectivity index (χ4n) is 2.71. The van der Waals surface area contributed by atoms with E-state index < -0.39 is 0 Å². The van der Waals surface area contributed by atoms with Crippen LogP contribution in [0.1, 0.15) is 57.8 Å². The molecule has 1 aliphatic rings. The Morgan fingerprint density at radius 3 is 1.89 bits per heavy atom. The molecular formula is C19H32N4O4. The zero-order valence-corrected chi connectivity index (χ0v) is 16.0. The highest BCUT2D eigenvalue weighted by Gasteiger charge is 2.23. The molecular weight excluding hydrogens is 348 g/mol. The van der Waals surface area contributed by atoms with Crippen LogP contribution in [0.2, 0.25) is 0 Å². The molecule has 0 unspecified atom stereocenters. The van der Waals surface area contributed by atoms with Gasteiger partial charge in [0.2, 0.25) is 11.8 Å². The average Bonchev–Trinajstić information content (AvgIpc) is 2.97. The number of rotatable bonds is 15. The van der Waals surface area contributed by atoms with Crippen LogP contribution < -0.4 is 16.4 Å². The Hall–Kier alpha value is -2.22.